The minimum atomic E-state index is -0.510. The molecule has 33 heavy (non-hydrogen) atoms. The van der Waals surface area contributed by atoms with Crippen LogP contribution in [0.15, 0.2) is 60.8 Å². The first-order valence-corrected chi connectivity index (χ1v) is 10.9. The summed E-state index contributed by atoms with van der Waals surface area (Å²) in [6, 6.07) is 13.5. The lowest BCUT2D eigenvalue weighted by Gasteiger charge is -2.25. The number of rotatable bonds is 6. The molecule has 1 aliphatic heterocycles. The average molecular weight is 469 g/mol. The van der Waals surface area contributed by atoms with Crippen LogP contribution in [0.2, 0.25) is 5.02 Å². The Hall–Kier alpha value is -3.49. The van der Waals surface area contributed by atoms with E-state index in [0.717, 1.165) is 25.9 Å². The molecule has 0 aliphatic carbocycles. The molecule has 0 unspecified atom stereocenters. The largest absolute Gasteiger partial charge is 0.489 e. The minimum Gasteiger partial charge on any atom is -0.489 e. The summed E-state index contributed by atoms with van der Waals surface area (Å²) >= 11 is 5.83. The van der Waals surface area contributed by atoms with E-state index in [-0.39, 0.29) is 23.0 Å². The molecular formula is C24H22ClFN4O3. The van der Waals surface area contributed by atoms with Crippen LogP contribution in [0, 0.1) is 5.82 Å². The summed E-state index contributed by atoms with van der Waals surface area (Å²) in [5.41, 5.74) is 0.723. The fraction of sp³-hybridized carbons (Fsp3) is 0.208. The summed E-state index contributed by atoms with van der Waals surface area (Å²) in [4.78, 5) is 29.9. The zero-order valence-electron chi connectivity index (χ0n) is 17.6. The molecule has 7 nitrogen and oxygen atoms in total. The summed E-state index contributed by atoms with van der Waals surface area (Å²) < 4.78 is 19.9. The summed E-state index contributed by atoms with van der Waals surface area (Å²) in [5.74, 6) is -0.964. The van der Waals surface area contributed by atoms with Crippen LogP contribution in [0.3, 0.4) is 0 Å². The molecule has 0 atom stereocenters. The summed E-state index contributed by atoms with van der Waals surface area (Å²) in [6.45, 7) is 1.60. The number of ether oxygens (including phenoxy) is 1. The highest BCUT2D eigenvalue weighted by molar-refractivity contribution is 6.30. The number of piperidine rings is 1. The maximum atomic E-state index is 13.9. The van der Waals surface area contributed by atoms with Gasteiger partial charge in [-0.1, -0.05) is 23.7 Å². The van der Waals surface area contributed by atoms with Gasteiger partial charge in [-0.3, -0.25) is 9.59 Å². The SMILES string of the molecule is O=C(Nc1ccc(Cl)cn1)c1ccccc1NC(=O)c1ccc(F)cc1OC1CCNCC1. The number of amides is 2. The van der Waals surface area contributed by atoms with Gasteiger partial charge in [-0.2, -0.15) is 0 Å². The smallest absolute Gasteiger partial charge is 0.259 e. The van der Waals surface area contributed by atoms with Gasteiger partial charge in [0.2, 0.25) is 0 Å². The molecule has 1 aliphatic rings. The third-order valence-corrected chi connectivity index (χ3v) is 5.38. The Kier molecular flexibility index (Phi) is 7.16. The Balaban J connectivity index is 1.53. The molecule has 0 spiro atoms. The van der Waals surface area contributed by atoms with Crippen molar-refractivity contribution in [3.05, 3.63) is 82.8 Å². The number of aromatic nitrogens is 1. The third kappa shape index (κ3) is 5.85. The zero-order valence-corrected chi connectivity index (χ0v) is 18.4. The van der Waals surface area contributed by atoms with Gasteiger partial charge in [-0.05, 0) is 62.3 Å². The van der Waals surface area contributed by atoms with E-state index in [1.54, 1.807) is 36.4 Å². The van der Waals surface area contributed by atoms with Crippen LogP contribution in [-0.2, 0) is 0 Å². The normalized spacial score (nSPS) is 13.9. The topological polar surface area (TPSA) is 92.4 Å². The molecule has 1 aromatic heterocycles. The number of para-hydroxylation sites is 1. The monoisotopic (exact) mass is 468 g/mol. The van der Waals surface area contributed by atoms with Crippen LogP contribution in [0.1, 0.15) is 33.6 Å². The second-order valence-corrected chi connectivity index (χ2v) is 7.96. The van der Waals surface area contributed by atoms with Gasteiger partial charge in [0.15, 0.2) is 0 Å². The molecule has 9 heteroatoms. The standard InChI is InChI=1S/C24H22ClFN4O3/c25-15-5-8-22(28-14-15)30-23(31)18-3-1-2-4-20(18)29-24(32)19-7-6-16(26)13-21(19)33-17-9-11-27-12-10-17/h1-8,13-14,17,27H,9-12H2,(H,29,32)(H,28,30,31). The maximum absolute atomic E-state index is 13.9. The van der Waals surface area contributed by atoms with Gasteiger partial charge in [0.1, 0.15) is 23.5 Å². The number of hydrogen-bond acceptors (Lipinski definition) is 5. The van der Waals surface area contributed by atoms with Crippen LogP contribution in [0.5, 0.6) is 5.75 Å². The van der Waals surface area contributed by atoms with Crippen molar-refractivity contribution in [1.29, 1.82) is 0 Å². The molecule has 3 aromatic rings. The number of halogens is 2. The zero-order chi connectivity index (χ0) is 23.2. The highest BCUT2D eigenvalue weighted by atomic mass is 35.5. The van der Waals surface area contributed by atoms with Gasteiger partial charge in [0.25, 0.3) is 11.8 Å². The Morgan fingerprint density at radius 3 is 2.52 bits per heavy atom. The summed E-state index contributed by atoms with van der Waals surface area (Å²) in [6.07, 6.45) is 2.84. The average Bonchev–Trinajstić information content (AvgIpc) is 2.81. The highest BCUT2D eigenvalue weighted by Gasteiger charge is 2.21. The number of pyridine rings is 1. The van der Waals surface area contributed by atoms with Gasteiger partial charge in [0.05, 0.1) is 21.8 Å². The van der Waals surface area contributed by atoms with E-state index in [1.165, 1.54) is 24.4 Å². The number of nitrogens with one attached hydrogen (secondary N) is 3. The van der Waals surface area contributed by atoms with Crippen molar-refractivity contribution in [3.8, 4) is 5.75 Å². The molecule has 2 heterocycles. The quantitative estimate of drug-likeness (QED) is 0.495. The van der Waals surface area contributed by atoms with Crippen molar-refractivity contribution >= 4 is 34.9 Å². The molecule has 0 saturated carbocycles. The van der Waals surface area contributed by atoms with Crippen molar-refractivity contribution in [3.63, 3.8) is 0 Å². The van der Waals surface area contributed by atoms with Gasteiger partial charge in [-0.15, -0.1) is 0 Å². The fourth-order valence-corrected chi connectivity index (χ4v) is 3.60. The number of nitrogens with zero attached hydrogens (tertiary/aromatic N) is 1. The van der Waals surface area contributed by atoms with E-state index >= 15 is 0 Å². The van der Waals surface area contributed by atoms with Crippen molar-refractivity contribution in [2.24, 2.45) is 0 Å². The molecule has 3 N–H and O–H groups in total. The number of carbonyl (C=O) groups excluding carboxylic acids is 2. The van der Waals surface area contributed by atoms with Crippen molar-refractivity contribution in [2.75, 3.05) is 23.7 Å². The van der Waals surface area contributed by atoms with E-state index in [9.17, 15) is 14.0 Å². The van der Waals surface area contributed by atoms with E-state index < -0.39 is 17.6 Å². The Morgan fingerprint density at radius 2 is 1.76 bits per heavy atom. The predicted octanol–water partition coefficient (Wildman–Crippen LogP) is 4.51. The molecule has 1 saturated heterocycles. The Bertz CT molecular complexity index is 1150. The lowest BCUT2D eigenvalue weighted by atomic mass is 10.1. The summed E-state index contributed by atoms with van der Waals surface area (Å²) in [7, 11) is 0. The van der Waals surface area contributed by atoms with E-state index in [1.807, 2.05) is 0 Å². The number of hydrogen-bond donors (Lipinski definition) is 3. The summed E-state index contributed by atoms with van der Waals surface area (Å²) in [5, 5.41) is 9.10. The number of carbonyl (C=O) groups is 2. The molecule has 2 amide bonds. The second-order valence-electron chi connectivity index (χ2n) is 7.52. The predicted molar refractivity (Wildman–Crippen MR) is 125 cm³/mol. The molecular weight excluding hydrogens is 447 g/mol. The van der Waals surface area contributed by atoms with Crippen LogP contribution in [0.4, 0.5) is 15.9 Å². The van der Waals surface area contributed by atoms with Crippen LogP contribution in [0.25, 0.3) is 0 Å². The lowest BCUT2D eigenvalue weighted by molar-refractivity contribution is 0.101. The van der Waals surface area contributed by atoms with Crippen molar-refractivity contribution < 1.29 is 18.7 Å². The number of anilines is 2. The van der Waals surface area contributed by atoms with Gasteiger partial charge < -0.3 is 20.7 Å². The molecule has 0 radical (unpaired) electrons. The van der Waals surface area contributed by atoms with Gasteiger partial charge in [-0.25, -0.2) is 9.37 Å². The minimum absolute atomic E-state index is 0.107. The number of benzene rings is 2. The van der Waals surface area contributed by atoms with Gasteiger partial charge in [0, 0.05) is 12.3 Å². The fourth-order valence-electron chi connectivity index (χ4n) is 3.49. The van der Waals surface area contributed by atoms with E-state index in [2.05, 4.69) is 20.9 Å². The van der Waals surface area contributed by atoms with Gasteiger partial charge >= 0.3 is 0 Å². The van der Waals surface area contributed by atoms with Crippen LogP contribution in [-0.4, -0.2) is 36.0 Å². The molecule has 0 bridgehead atoms. The molecule has 170 valence electrons. The van der Waals surface area contributed by atoms with Crippen molar-refractivity contribution in [2.45, 2.75) is 18.9 Å². The van der Waals surface area contributed by atoms with Crippen LogP contribution < -0.4 is 20.7 Å². The van der Waals surface area contributed by atoms with Crippen molar-refractivity contribution in [1.82, 2.24) is 10.3 Å². The lowest BCUT2D eigenvalue weighted by Crippen LogP contribution is -2.34. The molecule has 4 rings (SSSR count). The first-order valence-electron chi connectivity index (χ1n) is 10.5. The first kappa shape index (κ1) is 22.7. The second kappa shape index (κ2) is 10.4. The third-order valence-electron chi connectivity index (χ3n) is 5.16. The Morgan fingerprint density at radius 1 is 1.00 bits per heavy atom. The maximum Gasteiger partial charge on any atom is 0.259 e. The first-order chi connectivity index (χ1) is 16.0. The molecule has 1 fully saturated rings. The van der Waals surface area contributed by atoms with Crippen LogP contribution >= 0.6 is 11.6 Å². The Labute approximate surface area is 195 Å². The van der Waals surface area contributed by atoms with E-state index in [0.29, 0.717) is 16.5 Å². The highest BCUT2D eigenvalue weighted by Crippen LogP contribution is 2.26. The van der Waals surface area contributed by atoms with E-state index in [4.69, 9.17) is 16.3 Å². The molecule has 2 aromatic carbocycles.